The van der Waals surface area contributed by atoms with E-state index in [9.17, 15) is 14.7 Å². The smallest absolute Gasteiger partial charge is 0.336 e. The van der Waals surface area contributed by atoms with E-state index in [1.165, 1.54) is 13.2 Å². The van der Waals surface area contributed by atoms with E-state index in [2.05, 4.69) is 5.32 Å². The number of aromatic hydroxyl groups is 1. The minimum absolute atomic E-state index is 0.0221. The number of carbonyl (C=O) groups is 2. The van der Waals surface area contributed by atoms with Gasteiger partial charge < -0.3 is 19.9 Å². The van der Waals surface area contributed by atoms with Crippen LogP contribution in [0.4, 0.5) is 0 Å². The SMILES string of the molecule is CCOC(=O)C1=C(C)NC2=C(C(=O)CCC2)[C@H]1c1cc(OC)c(O)cc1Cl. The number of methoxy groups -OCH3 is 1. The van der Waals surface area contributed by atoms with Crippen molar-refractivity contribution in [1.82, 2.24) is 5.32 Å². The molecular formula is C20H22ClNO5. The lowest BCUT2D eigenvalue weighted by Gasteiger charge is -2.34. The molecule has 6 nitrogen and oxygen atoms in total. The fourth-order valence-corrected chi connectivity index (χ4v) is 3.98. The van der Waals surface area contributed by atoms with Gasteiger partial charge in [0.1, 0.15) is 0 Å². The lowest BCUT2D eigenvalue weighted by molar-refractivity contribution is -0.138. The van der Waals surface area contributed by atoms with Crippen molar-refractivity contribution < 1.29 is 24.2 Å². The first-order valence-corrected chi connectivity index (χ1v) is 9.24. The molecule has 1 aliphatic carbocycles. The highest BCUT2D eigenvalue weighted by Gasteiger charge is 2.40. The van der Waals surface area contributed by atoms with Gasteiger partial charge >= 0.3 is 5.97 Å². The standard InChI is InChI=1S/C20H22ClNO5/c1-4-27-20(25)17-10(2)22-13-6-5-7-14(23)19(13)18(17)11-8-16(26-3)15(24)9-12(11)21/h8-9,18,22,24H,4-7H2,1-3H3/t18-/m0/s1. The average Bonchev–Trinajstić information content (AvgIpc) is 2.61. The van der Waals surface area contributed by atoms with Gasteiger partial charge in [-0.3, -0.25) is 4.79 Å². The summed E-state index contributed by atoms with van der Waals surface area (Å²) >= 11 is 6.42. The van der Waals surface area contributed by atoms with Crippen LogP contribution < -0.4 is 10.1 Å². The number of esters is 1. The Morgan fingerprint density at radius 2 is 2.11 bits per heavy atom. The number of hydrogen-bond acceptors (Lipinski definition) is 6. The lowest BCUT2D eigenvalue weighted by Crippen LogP contribution is -2.34. The number of hydrogen-bond donors (Lipinski definition) is 2. The van der Waals surface area contributed by atoms with Crippen LogP contribution in [-0.4, -0.2) is 30.6 Å². The van der Waals surface area contributed by atoms with Crippen LogP contribution in [0.25, 0.3) is 0 Å². The maximum absolute atomic E-state index is 12.8. The zero-order valence-electron chi connectivity index (χ0n) is 15.5. The molecule has 1 atom stereocenters. The van der Waals surface area contributed by atoms with Gasteiger partial charge in [-0.25, -0.2) is 4.79 Å². The number of nitrogens with one attached hydrogen (secondary N) is 1. The molecule has 7 heteroatoms. The fraction of sp³-hybridized carbons (Fsp3) is 0.400. The summed E-state index contributed by atoms with van der Waals surface area (Å²) in [7, 11) is 1.43. The molecule has 0 bridgehead atoms. The van der Waals surface area contributed by atoms with Gasteiger partial charge in [0, 0.05) is 40.4 Å². The number of benzene rings is 1. The van der Waals surface area contributed by atoms with Crippen LogP contribution in [-0.2, 0) is 14.3 Å². The van der Waals surface area contributed by atoms with Crippen molar-refractivity contribution >= 4 is 23.4 Å². The van der Waals surface area contributed by atoms with E-state index in [0.29, 0.717) is 28.8 Å². The molecule has 0 radical (unpaired) electrons. The molecule has 1 heterocycles. The van der Waals surface area contributed by atoms with Crippen LogP contribution in [0.5, 0.6) is 11.5 Å². The molecular weight excluding hydrogens is 370 g/mol. The Morgan fingerprint density at radius 1 is 1.37 bits per heavy atom. The second-order valence-electron chi connectivity index (χ2n) is 6.53. The van der Waals surface area contributed by atoms with Gasteiger partial charge in [0.05, 0.1) is 19.3 Å². The summed E-state index contributed by atoms with van der Waals surface area (Å²) in [5, 5.41) is 13.5. The van der Waals surface area contributed by atoms with Gasteiger partial charge in [0.2, 0.25) is 0 Å². The van der Waals surface area contributed by atoms with Crippen LogP contribution in [0.1, 0.15) is 44.6 Å². The van der Waals surface area contributed by atoms with Crippen LogP contribution in [0.15, 0.2) is 34.7 Å². The Bertz CT molecular complexity index is 871. The summed E-state index contributed by atoms with van der Waals surface area (Å²) in [6.45, 7) is 3.73. The second-order valence-corrected chi connectivity index (χ2v) is 6.94. The highest BCUT2D eigenvalue weighted by atomic mass is 35.5. The number of phenols is 1. The van der Waals surface area contributed by atoms with E-state index in [4.69, 9.17) is 21.1 Å². The molecule has 144 valence electrons. The molecule has 0 saturated carbocycles. The summed E-state index contributed by atoms with van der Waals surface area (Å²) in [5.74, 6) is -1.08. The van der Waals surface area contributed by atoms with Crippen LogP contribution in [0, 0.1) is 0 Å². The van der Waals surface area contributed by atoms with E-state index in [0.717, 1.165) is 18.5 Å². The molecule has 1 aromatic carbocycles. The van der Waals surface area contributed by atoms with E-state index in [1.807, 2.05) is 0 Å². The van der Waals surface area contributed by atoms with E-state index in [1.54, 1.807) is 19.9 Å². The van der Waals surface area contributed by atoms with E-state index in [-0.39, 0.29) is 28.9 Å². The van der Waals surface area contributed by atoms with Gasteiger partial charge in [0.15, 0.2) is 17.3 Å². The van der Waals surface area contributed by atoms with Gasteiger partial charge in [-0.1, -0.05) is 11.6 Å². The molecule has 0 aromatic heterocycles. The van der Waals surface area contributed by atoms with E-state index < -0.39 is 11.9 Å². The lowest BCUT2D eigenvalue weighted by atomic mass is 9.75. The number of ether oxygens (including phenoxy) is 2. The number of carbonyl (C=O) groups excluding carboxylic acids is 2. The van der Waals surface area contributed by atoms with Crippen molar-refractivity contribution in [2.24, 2.45) is 0 Å². The largest absolute Gasteiger partial charge is 0.504 e. The molecule has 2 N–H and O–H groups in total. The van der Waals surface area contributed by atoms with Crippen LogP contribution in [0.3, 0.4) is 0 Å². The van der Waals surface area contributed by atoms with Crippen molar-refractivity contribution in [3.63, 3.8) is 0 Å². The second kappa shape index (κ2) is 7.64. The molecule has 1 aromatic rings. The highest BCUT2D eigenvalue weighted by Crippen LogP contribution is 2.46. The Morgan fingerprint density at radius 3 is 2.78 bits per heavy atom. The predicted octanol–water partition coefficient (Wildman–Crippen LogP) is 3.59. The number of dihydropyridines is 1. The van der Waals surface area contributed by atoms with Crippen molar-refractivity contribution in [1.29, 1.82) is 0 Å². The molecule has 3 rings (SSSR count). The van der Waals surface area contributed by atoms with Crippen LogP contribution >= 0.6 is 11.6 Å². The van der Waals surface area contributed by atoms with Gasteiger partial charge in [-0.2, -0.15) is 0 Å². The summed E-state index contributed by atoms with van der Waals surface area (Å²) in [6, 6.07) is 2.94. The zero-order valence-corrected chi connectivity index (χ0v) is 16.3. The Labute approximate surface area is 162 Å². The molecule has 0 unspecified atom stereocenters. The predicted molar refractivity (Wildman–Crippen MR) is 101 cm³/mol. The normalized spacial score (nSPS) is 19.6. The third-order valence-corrected chi connectivity index (χ3v) is 5.21. The van der Waals surface area contributed by atoms with Crippen molar-refractivity contribution in [3.8, 4) is 11.5 Å². The molecule has 0 amide bonds. The molecule has 0 fully saturated rings. The molecule has 0 saturated heterocycles. The molecule has 2 aliphatic rings. The topological polar surface area (TPSA) is 84.9 Å². The molecule has 0 spiro atoms. The average molecular weight is 392 g/mol. The number of phenolic OH excluding ortho intramolecular Hbond substituents is 1. The number of allylic oxidation sites excluding steroid dienone is 3. The van der Waals surface area contributed by atoms with Crippen molar-refractivity contribution in [3.05, 3.63) is 45.3 Å². The fourth-order valence-electron chi connectivity index (χ4n) is 3.72. The highest BCUT2D eigenvalue weighted by molar-refractivity contribution is 6.32. The quantitative estimate of drug-likeness (QED) is 0.763. The molecule has 1 aliphatic heterocycles. The Hall–Kier alpha value is -2.47. The first kappa shape index (κ1) is 19.3. The minimum atomic E-state index is -0.671. The number of ketones is 1. The van der Waals surface area contributed by atoms with Gasteiger partial charge in [-0.15, -0.1) is 0 Å². The number of rotatable bonds is 4. The minimum Gasteiger partial charge on any atom is -0.504 e. The van der Waals surface area contributed by atoms with Crippen LogP contribution in [0.2, 0.25) is 5.02 Å². The van der Waals surface area contributed by atoms with Gasteiger partial charge in [0.25, 0.3) is 0 Å². The molecule has 27 heavy (non-hydrogen) atoms. The van der Waals surface area contributed by atoms with Gasteiger partial charge in [-0.05, 0) is 38.3 Å². The maximum atomic E-state index is 12.8. The zero-order chi connectivity index (χ0) is 19.7. The van der Waals surface area contributed by atoms with Crippen molar-refractivity contribution in [2.75, 3.05) is 13.7 Å². The number of Topliss-reactive ketones (excluding diaryl/α,β-unsaturated/α-hetero) is 1. The Kier molecular flexibility index (Phi) is 5.46. The first-order valence-electron chi connectivity index (χ1n) is 8.86. The summed E-state index contributed by atoms with van der Waals surface area (Å²) < 4.78 is 10.5. The maximum Gasteiger partial charge on any atom is 0.336 e. The first-order chi connectivity index (χ1) is 12.9. The third-order valence-electron chi connectivity index (χ3n) is 4.88. The third kappa shape index (κ3) is 3.41. The monoisotopic (exact) mass is 391 g/mol. The van der Waals surface area contributed by atoms with E-state index >= 15 is 0 Å². The van der Waals surface area contributed by atoms with Crippen molar-refractivity contribution in [2.45, 2.75) is 39.0 Å². The summed E-state index contributed by atoms with van der Waals surface area (Å²) in [6.07, 6.45) is 1.89. The number of halogens is 1. The Balaban J connectivity index is 2.25. The summed E-state index contributed by atoms with van der Waals surface area (Å²) in [4.78, 5) is 25.5. The summed E-state index contributed by atoms with van der Waals surface area (Å²) in [5.41, 5.74) is 2.85.